The molecule has 3 aliphatic rings. The second kappa shape index (κ2) is 9.11. The van der Waals surface area contributed by atoms with E-state index in [1.165, 1.54) is 0 Å². The number of hydrogen-bond donors (Lipinski definition) is 0. The van der Waals surface area contributed by atoms with Crippen molar-refractivity contribution in [1.82, 2.24) is 4.90 Å². The van der Waals surface area contributed by atoms with Crippen LogP contribution in [-0.2, 0) is 9.47 Å². The molecule has 1 aromatic carbocycles. The number of nitrogens with zero attached hydrogens (tertiary/aromatic N) is 4. The average molecular weight is 477 g/mol. The summed E-state index contributed by atoms with van der Waals surface area (Å²) in [6.07, 6.45) is 1.67. The predicted octanol–water partition coefficient (Wildman–Crippen LogP) is 3.89. The van der Waals surface area contributed by atoms with Gasteiger partial charge in [-0.1, -0.05) is 11.6 Å². The van der Waals surface area contributed by atoms with Gasteiger partial charge in [-0.2, -0.15) is 5.26 Å². The molecule has 3 aliphatic heterocycles. The lowest BCUT2D eigenvalue weighted by molar-refractivity contribution is -0.0434. The lowest BCUT2D eigenvalue weighted by Gasteiger charge is -2.54. The molecular formula is C24H33ClN4O4. The van der Waals surface area contributed by atoms with Crippen molar-refractivity contribution in [2.24, 2.45) is 5.41 Å². The van der Waals surface area contributed by atoms with Crippen molar-refractivity contribution in [2.75, 3.05) is 69.4 Å². The second-order valence-electron chi connectivity index (χ2n) is 10.2. The van der Waals surface area contributed by atoms with Gasteiger partial charge >= 0.3 is 6.09 Å². The van der Waals surface area contributed by atoms with Crippen molar-refractivity contribution in [3.05, 3.63) is 16.7 Å². The SMILES string of the molecule is COc1c(N2CCOCC2)cc(N2CCC3(CC2)CN(C(=O)OC(C)(C)C)C3)c(C#N)c1Cl. The Labute approximate surface area is 200 Å². The van der Waals surface area contributed by atoms with Crippen LogP contribution in [-0.4, -0.2) is 76.2 Å². The highest BCUT2D eigenvalue weighted by atomic mass is 35.5. The molecule has 1 spiro atoms. The van der Waals surface area contributed by atoms with E-state index in [1.54, 1.807) is 12.0 Å². The number of halogens is 1. The van der Waals surface area contributed by atoms with Gasteiger partial charge in [-0.15, -0.1) is 0 Å². The molecule has 0 radical (unpaired) electrons. The van der Waals surface area contributed by atoms with Crippen LogP contribution in [0.1, 0.15) is 39.2 Å². The summed E-state index contributed by atoms with van der Waals surface area (Å²) in [5.74, 6) is 0.541. The number of piperidine rings is 1. The Bertz CT molecular complexity index is 933. The number of likely N-dealkylation sites (tertiary alicyclic amines) is 1. The average Bonchev–Trinajstić information content (AvgIpc) is 2.76. The Balaban J connectivity index is 1.49. The van der Waals surface area contributed by atoms with Gasteiger partial charge in [-0.25, -0.2) is 4.79 Å². The molecule has 0 bridgehead atoms. The molecule has 4 rings (SSSR count). The summed E-state index contributed by atoms with van der Waals surface area (Å²) in [7, 11) is 1.59. The maximum atomic E-state index is 12.3. The molecule has 0 unspecified atom stereocenters. The quantitative estimate of drug-likeness (QED) is 0.654. The zero-order valence-corrected chi connectivity index (χ0v) is 20.7. The minimum atomic E-state index is -0.483. The van der Waals surface area contributed by atoms with Crippen LogP contribution in [0, 0.1) is 16.7 Å². The van der Waals surface area contributed by atoms with Gasteiger partial charge in [0, 0.05) is 44.7 Å². The number of hydrogen-bond acceptors (Lipinski definition) is 7. The normalized spacial score (nSPS) is 20.3. The van der Waals surface area contributed by atoms with Crippen LogP contribution in [0.2, 0.25) is 5.02 Å². The molecule has 0 N–H and O–H groups in total. The fraction of sp³-hybridized carbons (Fsp3) is 0.667. The van der Waals surface area contributed by atoms with E-state index in [1.807, 2.05) is 26.8 Å². The summed E-state index contributed by atoms with van der Waals surface area (Å²) >= 11 is 6.67. The van der Waals surface area contributed by atoms with E-state index >= 15 is 0 Å². The smallest absolute Gasteiger partial charge is 0.410 e. The molecule has 9 heteroatoms. The third-order valence-corrected chi connectivity index (χ3v) is 7.08. The van der Waals surface area contributed by atoms with Crippen LogP contribution >= 0.6 is 11.6 Å². The van der Waals surface area contributed by atoms with E-state index < -0.39 is 5.60 Å². The highest BCUT2D eigenvalue weighted by Gasteiger charge is 2.48. The van der Waals surface area contributed by atoms with Gasteiger partial charge in [0.2, 0.25) is 0 Å². The van der Waals surface area contributed by atoms with Gasteiger partial charge in [-0.05, 0) is 39.7 Å². The first-order valence-corrected chi connectivity index (χ1v) is 11.9. The molecule has 33 heavy (non-hydrogen) atoms. The van der Waals surface area contributed by atoms with Crippen LogP contribution in [0.25, 0.3) is 0 Å². The number of methoxy groups -OCH3 is 1. The number of carbonyl (C=O) groups excluding carboxylic acids is 1. The van der Waals surface area contributed by atoms with Crippen molar-refractivity contribution < 1.29 is 19.0 Å². The maximum Gasteiger partial charge on any atom is 0.410 e. The van der Waals surface area contributed by atoms with E-state index in [-0.39, 0.29) is 11.5 Å². The minimum absolute atomic E-state index is 0.128. The van der Waals surface area contributed by atoms with E-state index in [4.69, 9.17) is 25.8 Å². The van der Waals surface area contributed by atoms with Crippen molar-refractivity contribution in [2.45, 2.75) is 39.2 Å². The molecule has 0 aliphatic carbocycles. The number of ether oxygens (including phenoxy) is 3. The number of rotatable bonds is 3. The third-order valence-electron chi connectivity index (χ3n) is 6.72. The number of benzene rings is 1. The predicted molar refractivity (Wildman–Crippen MR) is 127 cm³/mol. The summed E-state index contributed by atoms with van der Waals surface area (Å²) in [5, 5.41) is 10.3. The summed E-state index contributed by atoms with van der Waals surface area (Å²) in [6.45, 7) is 11.5. The molecule has 0 saturated carbocycles. The molecule has 3 fully saturated rings. The van der Waals surface area contributed by atoms with Crippen LogP contribution in [0.15, 0.2) is 6.07 Å². The largest absolute Gasteiger partial charge is 0.493 e. The topological polar surface area (TPSA) is 78.3 Å². The van der Waals surface area contributed by atoms with Crippen LogP contribution in [0.4, 0.5) is 16.2 Å². The summed E-state index contributed by atoms with van der Waals surface area (Å²) in [5.41, 5.74) is 1.85. The van der Waals surface area contributed by atoms with E-state index in [0.29, 0.717) is 29.5 Å². The molecule has 8 nitrogen and oxygen atoms in total. The number of morpholine rings is 1. The summed E-state index contributed by atoms with van der Waals surface area (Å²) in [6, 6.07) is 4.33. The number of nitriles is 1. The van der Waals surface area contributed by atoms with Gasteiger partial charge in [0.15, 0.2) is 5.75 Å². The first-order chi connectivity index (χ1) is 15.7. The van der Waals surface area contributed by atoms with Gasteiger partial charge < -0.3 is 28.9 Å². The molecule has 0 atom stereocenters. The molecule has 3 heterocycles. The first-order valence-electron chi connectivity index (χ1n) is 11.5. The minimum Gasteiger partial charge on any atom is -0.493 e. The first kappa shape index (κ1) is 23.8. The van der Waals surface area contributed by atoms with E-state index in [2.05, 4.69) is 15.9 Å². The van der Waals surface area contributed by atoms with Gasteiger partial charge in [-0.3, -0.25) is 0 Å². The Morgan fingerprint density at radius 1 is 1.12 bits per heavy atom. The van der Waals surface area contributed by atoms with Gasteiger partial charge in [0.25, 0.3) is 0 Å². The van der Waals surface area contributed by atoms with Crippen molar-refractivity contribution in [3.8, 4) is 11.8 Å². The van der Waals surface area contributed by atoms with E-state index in [0.717, 1.165) is 63.5 Å². The Morgan fingerprint density at radius 3 is 2.27 bits per heavy atom. The molecule has 0 aromatic heterocycles. The van der Waals surface area contributed by atoms with E-state index in [9.17, 15) is 10.1 Å². The lowest BCUT2D eigenvalue weighted by atomic mass is 9.72. The second-order valence-corrected chi connectivity index (χ2v) is 10.5. The monoisotopic (exact) mass is 476 g/mol. The summed E-state index contributed by atoms with van der Waals surface area (Å²) in [4.78, 5) is 18.6. The molecule has 1 aromatic rings. The highest BCUT2D eigenvalue weighted by molar-refractivity contribution is 6.34. The van der Waals surface area contributed by atoms with Crippen molar-refractivity contribution in [3.63, 3.8) is 0 Å². The zero-order valence-electron chi connectivity index (χ0n) is 19.9. The number of amides is 1. The molecular weight excluding hydrogens is 444 g/mol. The Hall–Kier alpha value is -2.37. The standard InChI is InChI=1S/C24H33ClN4O4/c1-23(2,3)33-22(30)29-15-24(16-29)5-7-27(8-6-24)18-13-19(28-9-11-32-12-10-28)21(31-4)20(25)17(18)14-26/h13H,5-12,15-16H2,1-4H3. The Kier molecular flexibility index (Phi) is 6.56. The fourth-order valence-electron chi connectivity index (χ4n) is 4.95. The number of carbonyl (C=O) groups is 1. The van der Waals surface area contributed by atoms with Crippen molar-refractivity contribution >= 4 is 29.1 Å². The summed E-state index contributed by atoms with van der Waals surface area (Å²) < 4.78 is 16.6. The van der Waals surface area contributed by atoms with Gasteiger partial charge in [0.1, 0.15) is 16.7 Å². The van der Waals surface area contributed by atoms with Crippen LogP contribution in [0.5, 0.6) is 5.75 Å². The lowest BCUT2D eigenvalue weighted by Crippen LogP contribution is -2.62. The maximum absolute atomic E-state index is 12.3. The third kappa shape index (κ3) is 4.80. The molecule has 180 valence electrons. The number of anilines is 2. The van der Waals surface area contributed by atoms with Gasteiger partial charge in [0.05, 0.1) is 37.3 Å². The Morgan fingerprint density at radius 2 is 1.73 bits per heavy atom. The highest BCUT2D eigenvalue weighted by Crippen LogP contribution is 2.46. The fourth-order valence-corrected chi connectivity index (χ4v) is 5.26. The van der Waals surface area contributed by atoms with Crippen molar-refractivity contribution in [1.29, 1.82) is 5.26 Å². The zero-order chi connectivity index (χ0) is 23.8. The molecule has 3 saturated heterocycles. The molecule has 1 amide bonds. The van der Waals surface area contributed by atoms with Crippen LogP contribution < -0.4 is 14.5 Å². The van der Waals surface area contributed by atoms with Crippen LogP contribution in [0.3, 0.4) is 0 Å².